The fourth-order valence-corrected chi connectivity index (χ4v) is 7.81. The minimum absolute atomic E-state index is 0.572. The normalized spacial score (nSPS) is 11.6. The maximum Gasteiger partial charge on any atom is 0.164 e. The Morgan fingerprint density at radius 1 is 0.286 bits per heavy atom. The first kappa shape index (κ1) is 31.9. The Kier molecular flexibility index (Phi) is 7.42. The molecule has 0 saturated heterocycles. The molecule has 0 aliphatic heterocycles. The SMILES string of the molecule is c1ccc(-c2ccc(-c3nc(-c4ccccc4)nc(-c4ccc5c(c4)oc4cccc(-c6cc(-c7ccccc7)cc7c6oc6ccccc67)c45)n3)cc2)cc1. The highest BCUT2D eigenvalue weighted by molar-refractivity contribution is 6.18. The van der Waals surface area contributed by atoms with E-state index in [0.29, 0.717) is 17.5 Å². The Bertz CT molecular complexity index is 3220. The second kappa shape index (κ2) is 13.0. The van der Waals surface area contributed by atoms with Gasteiger partial charge in [-0.1, -0.05) is 152 Å². The van der Waals surface area contributed by atoms with E-state index in [0.717, 1.165) is 93.9 Å². The van der Waals surface area contributed by atoms with Crippen molar-refractivity contribution < 1.29 is 8.83 Å². The summed E-state index contributed by atoms with van der Waals surface area (Å²) < 4.78 is 13.3. The maximum absolute atomic E-state index is 6.65. The largest absolute Gasteiger partial charge is 0.456 e. The van der Waals surface area contributed by atoms with Crippen LogP contribution in [-0.2, 0) is 0 Å². The van der Waals surface area contributed by atoms with Gasteiger partial charge in [0.15, 0.2) is 17.5 Å². The van der Waals surface area contributed by atoms with Crippen molar-refractivity contribution in [1.82, 2.24) is 15.0 Å². The molecule has 0 amide bonds. The van der Waals surface area contributed by atoms with Gasteiger partial charge < -0.3 is 8.83 Å². The van der Waals surface area contributed by atoms with Gasteiger partial charge in [-0.3, -0.25) is 0 Å². The van der Waals surface area contributed by atoms with Crippen LogP contribution in [0, 0.1) is 0 Å². The highest BCUT2D eigenvalue weighted by Gasteiger charge is 2.20. The smallest absolute Gasteiger partial charge is 0.164 e. The number of aromatic nitrogens is 3. The van der Waals surface area contributed by atoms with Crippen LogP contribution >= 0.6 is 0 Å². The number of nitrogens with zero attached hydrogens (tertiary/aromatic N) is 3. The summed E-state index contributed by atoms with van der Waals surface area (Å²) in [6, 6.07) is 64.5. The molecule has 0 saturated carbocycles. The summed E-state index contributed by atoms with van der Waals surface area (Å²) in [5.74, 6) is 1.79. The minimum Gasteiger partial charge on any atom is -0.456 e. The quantitative estimate of drug-likeness (QED) is 0.171. The molecule has 0 aliphatic carbocycles. The molecule has 11 aromatic rings. The molecule has 11 rings (SSSR count). The van der Waals surface area contributed by atoms with Crippen molar-refractivity contribution in [3.05, 3.63) is 188 Å². The lowest BCUT2D eigenvalue weighted by molar-refractivity contribution is 0.669. The number of benzene rings is 8. The topological polar surface area (TPSA) is 65.0 Å². The lowest BCUT2D eigenvalue weighted by Gasteiger charge is -2.10. The van der Waals surface area contributed by atoms with Crippen LogP contribution < -0.4 is 0 Å². The molecule has 0 bridgehead atoms. The average molecular weight is 718 g/mol. The number of hydrogen-bond acceptors (Lipinski definition) is 5. The fraction of sp³-hybridized carbons (Fsp3) is 0. The Balaban J connectivity index is 1.07. The monoisotopic (exact) mass is 717 g/mol. The number of para-hydroxylation sites is 1. The highest BCUT2D eigenvalue weighted by Crippen LogP contribution is 2.44. The van der Waals surface area contributed by atoms with Gasteiger partial charge in [0.05, 0.1) is 0 Å². The Labute approximate surface area is 322 Å². The Morgan fingerprint density at radius 2 is 0.821 bits per heavy atom. The molecule has 5 nitrogen and oxygen atoms in total. The molecule has 56 heavy (non-hydrogen) atoms. The lowest BCUT2D eigenvalue weighted by atomic mass is 9.93. The van der Waals surface area contributed by atoms with E-state index < -0.39 is 0 Å². The molecular formula is C51H31N3O2. The lowest BCUT2D eigenvalue weighted by Crippen LogP contribution is -2.00. The molecule has 0 atom stereocenters. The van der Waals surface area contributed by atoms with Gasteiger partial charge >= 0.3 is 0 Å². The summed E-state index contributed by atoms with van der Waals surface area (Å²) in [5.41, 5.74) is 12.6. The van der Waals surface area contributed by atoms with Gasteiger partial charge in [0.25, 0.3) is 0 Å². The standard InChI is InChI=1S/C51H31N3O2/c1-4-13-32(14-5-1)34-23-25-36(26-24-34)50-52-49(35-17-8-3-9-18-35)53-51(54-50)37-27-28-41-46(31-37)55-45-22-12-20-40(47(41)45)43-30-38(33-15-6-2-7-16-33)29-42-39-19-10-11-21-44(39)56-48(42)43/h1-31H. The molecular weight excluding hydrogens is 687 g/mol. The zero-order valence-corrected chi connectivity index (χ0v) is 30.1. The Morgan fingerprint density at radius 3 is 1.54 bits per heavy atom. The second-order valence-electron chi connectivity index (χ2n) is 14.0. The zero-order chi connectivity index (χ0) is 37.0. The van der Waals surface area contributed by atoms with E-state index in [9.17, 15) is 0 Å². The van der Waals surface area contributed by atoms with Crippen LogP contribution in [0.4, 0.5) is 0 Å². The van der Waals surface area contributed by atoms with Crippen molar-refractivity contribution >= 4 is 43.9 Å². The summed E-state index contributed by atoms with van der Waals surface area (Å²) in [7, 11) is 0. The molecule has 8 aromatic carbocycles. The van der Waals surface area contributed by atoms with Crippen molar-refractivity contribution in [3.63, 3.8) is 0 Å². The summed E-state index contributed by atoms with van der Waals surface area (Å²) in [6.07, 6.45) is 0. The molecule has 0 N–H and O–H groups in total. The van der Waals surface area contributed by atoms with Gasteiger partial charge in [0.1, 0.15) is 22.3 Å². The highest BCUT2D eigenvalue weighted by atomic mass is 16.3. The summed E-state index contributed by atoms with van der Waals surface area (Å²) in [5, 5.41) is 4.20. The van der Waals surface area contributed by atoms with Crippen LogP contribution in [0.25, 0.3) is 111 Å². The number of hydrogen-bond donors (Lipinski definition) is 0. The van der Waals surface area contributed by atoms with Crippen LogP contribution in [-0.4, -0.2) is 15.0 Å². The van der Waals surface area contributed by atoms with E-state index in [1.54, 1.807) is 0 Å². The van der Waals surface area contributed by atoms with Gasteiger partial charge in [0.2, 0.25) is 0 Å². The molecule has 5 heteroatoms. The third-order valence-corrected chi connectivity index (χ3v) is 10.5. The molecule has 3 heterocycles. The second-order valence-corrected chi connectivity index (χ2v) is 14.0. The molecule has 0 fully saturated rings. The molecule has 262 valence electrons. The number of fused-ring (bicyclic) bond motifs is 6. The van der Waals surface area contributed by atoms with Gasteiger partial charge in [-0.2, -0.15) is 0 Å². The third kappa shape index (κ3) is 5.45. The van der Waals surface area contributed by atoms with E-state index >= 15 is 0 Å². The van der Waals surface area contributed by atoms with Crippen molar-refractivity contribution in [2.45, 2.75) is 0 Å². The first-order valence-corrected chi connectivity index (χ1v) is 18.7. The van der Waals surface area contributed by atoms with E-state index in [1.807, 2.05) is 66.7 Å². The Hall–Kier alpha value is -7.63. The van der Waals surface area contributed by atoms with E-state index in [4.69, 9.17) is 23.8 Å². The first-order chi connectivity index (χ1) is 27.7. The molecule has 0 spiro atoms. The van der Waals surface area contributed by atoms with E-state index in [-0.39, 0.29) is 0 Å². The molecule has 0 unspecified atom stereocenters. The predicted octanol–water partition coefficient (Wildman–Crippen LogP) is 13.7. The van der Waals surface area contributed by atoms with Crippen molar-refractivity contribution in [3.8, 4) is 67.5 Å². The fourth-order valence-electron chi connectivity index (χ4n) is 7.81. The van der Waals surface area contributed by atoms with Crippen LogP contribution in [0.1, 0.15) is 0 Å². The molecule has 0 aliphatic rings. The molecule has 3 aromatic heterocycles. The number of rotatable bonds is 6. The first-order valence-electron chi connectivity index (χ1n) is 18.7. The van der Waals surface area contributed by atoms with Gasteiger partial charge in [-0.25, -0.2) is 15.0 Å². The molecule has 0 radical (unpaired) electrons. The average Bonchev–Trinajstić information content (AvgIpc) is 3.85. The summed E-state index contributed by atoms with van der Waals surface area (Å²) >= 11 is 0. The van der Waals surface area contributed by atoms with Crippen LogP contribution in [0.2, 0.25) is 0 Å². The van der Waals surface area contributed by atoms with E-state index in [1.165, 1.54) is 0 Å². The van der Waals surface area contributed by atoms with Gasteiger partial charge in [-0.05, 0) is 64.2 Å². The van der Waals surface area contributed by atoms with Gasteiger partial charge in [-0.15, -0.1) is 0 Å². The minimum atomic E-state index is 0.572. The van der Waals surface area contributed by atoms with Crippen LogP contribution in [0.3, 0.4) is 0 Å². The maximum atomic E-state index is 6.65. The predicted molar refractivity (Wildman–Crippen MR) is 227 cm³/mol. The van der Waals surface area contributed by atoms with E-state index in [2.05, 4.69) is 121 Å². The van der Waals surface area contributed by atoms with Crippen LogP contribution in [0.15, 0.2) is 197 Å². The van der Waals surface area contributed by atoms with Crippen molar-refractivity contribution in [2.24, 2.45) is 0 Å². The zero-order valence-electron chi connectivity index (χ0n) is 30.1. The summed E-state index contributed by atoms with van der Waals surface area (Å²) in [6.45, 7) is 0. The van der Waals surface area contributed by atoms with Crippen molar-refractivity contribution in [1.29, 1.82) is 0 Å². The summed E-state index contributed by atoms with van der Waals surface area (Å²) in [4.78, 5) is 15.0. The van der Waals surface area contributed by atoms with Crippen LogP contribution in [0.5, 0.6) is 0 Å². The number of furan rings is 2. The van der Waals surface area contributed by atoms with Gasteiger partial charge in [0, 0.05) is 43.8 Å². The third-order valence-electron chi connectivity index (χ3n) is 10.5. The van der Waals surface area contributed by atoms with Crippen molar-refractivity contribution in [2.75, 3.05) is 0 Å².